The third-order valence-corrected chi connectivity index (χ3v) is 2.31. The minimum absolute atomic E-state index is 0.365. The summed E-state index contributed by atoms with van der Waals surface area (Å²) < 4.78 is 5.10. The molecule has 13 heavy (non-hydrogen) atoms. The second-order valence-electron chi connectivity index (χ2n) is 4.01. The quantitative estimate of drug-likeness (QED) is 0.646. The van der Waals surface area contributed by atoms with Crippen LogP contribution in [0.15, 0.2) is 0 Å². The molecule has 0 heterocycles. The topological polar surface area (TPSA) is 38.5 Å². The smallest absolute Gasteiger partial charge is 0.0630 e. The average molecular weight is 188 g/mol. The van der Waals surface area contributed by atoms with E-state index in [1.807, 2.05) is 0 Å². The van der Waals surface area contributed by atoms with Gasteiger partial charge >= 0.3 is 0 Å². The van der Waals surface area contributed by atoms with Crippen molar-refractivity contribution >= 4 is 0 Å². The molecule has 0 aromatic carbocycles. The fourth-order valence-electron chi connectivity index (χ4n) is 1.21. The maximum atomic E-state index is 5.64. The molecule has 0 aromatic rings. The molecule has 3 heteroatoms. The zero-order valence-electron chi connectivity index (χ0n) is 9.42. The van der Waals surface area contributed by atoms with E-state index in [1.54, 1.807) is 7.11 Å². The molecule has 0 spiro atoms. The zero-order chi connectivity index (χ0) is 10.3. The van der Waals surface area contributed by atoms with Gasteiger partial charge in [0.2, 0.25) is 0 Å². The zero-order valence-corrected chi connectivity index (χ0v) is 9.42. The van der Waals surface area contributed by atoms with E-state index < -0.39 is 0 Å². The molecule has 0 saturated heterocycles. The van der Waals surface area contributed by atoms with Gasteiger partial charge in [-0.3, -0.25) is 4.90 Å². The predicted octanol–water partition coefficient (Wildman–Crippen LogP) is 0.938. The normalized spacial score (nSPS) is 14.1. The first-order chi connectivity index (χ1) is 6.11. The molecular weight excluding hydrogens is 164 g/mol. The van der Waals surface area contributed by atoms with Gasteiger partial charge in [0.1, 0.15) is 0 Å². The molecule has 0 aromatic heterocycles. The summed E-state index contributed by atoms with van der Waals surface area (Å²) >= 11 is 0. The molecule has 0 rings (SSSR count). The lowest BCUT2D eigenvalue weighted by Crippen LogP contribution is -2.41. The number of nitrogens with zero attached hydrogens (tertiary/aromatic N) is 1. The van der Waals surface area contributed by atoms with Crippen molar-refractivity contribution in [3.05, 3.63) is 0 Å². The highest BCUT2D eigenvalue weighted by molar-refractivity contribution is 4.69. The van der Waals surface area contributed by atoms with Gasteiger partial charge in [0.25, 0.3) is 0 Å². The standard InChI is InChI=1S/C10H24N2O/c1-9(2)5-6-12(3)10(7-11)8-13-4/h9-10H,5-8,11H2,1-4H3. The Balaban J connectivity index is 3.69. The van der Waals surface area contributed by atoms with Crippen molar-refractivity contribution in [2.75, 3.05) is 33.9 Å². The Bertz CT molecular complexity index is 117. The van der Waals surface area contributed by atoms with Crippen LogP contribution in [0.25, 0.3) is 0 Å². The first-order valence-electron chi connectivity index (χ1n) is 5.01. The van der Waals surface area contributed by atoms with Crippen molar-refractivity contribution < 1.29 is 4.74 Å². The number of ether oxygens (including phenoxy) is 1. The molecule has 0 amide bonds. The summed E-state index contributed by atoms with van der Waals surface area (Å²) in [4.78, 5) is 2.28. The molecule has 0 bridgehead atoms. The van der Waals surface area contributed by atoms with E-state index in [0.717, 1.165) is 19.1 Å². The number of hydrogen-bond acceptors (Lipinski definition) is 3. The summed E-state index contributed by atoms with van der Waals surface area (Å²) in [5.74, 6) is 0.753. The minimum Gasteiger partial charge on any atom is -0.383 e. The van der Waals surface area contributed by atoms with Gasteiger partial charge in [-0.15, -0.1) is 0 Å². The molecule has 0 aliphatic carbocycles. The second-order valence-corrected chi connectivity index (χ2v) is 4.01. The monoisotopic (exact) mass is 188 g/mol. The van der Waals surface area contributed by atoms with Crippen LogP contribution in [0.1, 0.15) is 20.3 Å². The number of hydrogen-bond donors (Lipinski definition) is 1. The molecule has 0 radical (unpaired) electrons. The van der Waals surface area contributed by atoms with Crippen molar-refractivity contribution in [1.82, 2.24) is 4.90 Å². The van der Waals surface area contributed by atoms with Gasteiger partial charge in [-0.2, -0.15) is 0 Å². The van der Waals surface area contributed by atoms with Crippen LogP contribution in [-0.2, 0) is 4.74 Å². The number of rotatable bonds is 7. The summed E-state index contributed by atoms with van der Waals surface area (Å²) in [6.45, 7) is 6.97. The largest absolute Gasteiger partial charge is 0.383 e. The molecule has 0 saturated carbocycles. The van der Waals surface area contributed by atoms with Gasteiger partial charge in [0.15, 0.2) is 0 Å². The van der Waals surface area contributed by atoms with Gasteiger partial charge in [0, 0.05) is 19.7 Å². The lowest BCUT2D eigenvalue weighted by molar-refractivity contribution is 0.107. The maximum absolute atomic E-state index is 5.64. The minimum atomic E-state index is 0.365. The van der Waals surface area contributed by atoms with Crippen LogP contribution in [0.4, 0.5) is 0 Å². The highest BCUT2D eigenvalue weighted by Crippen LogP contribution is 2.03. The van der Waals surface area contributed by atoms with E-state index in [4.69, 9.17) is 10.5 Å². The van der Waals surface area contributed by atoms with Crippen LogP contribution >= 0.6 is 0 Å². The Kier molecular flexibility index (Phi) is 7.23. The van der Waals surface area contributed by atoms with Crippen molar-refractivity contribution in [1.29, 1.82) is 0 Å². The fraction of sp³-hybridized carbons (Fsp3) is 1.00. The van der Waals surface area contributed by atoms with E-state index in [1.165, 1.54) is 6.42 Å². The molecule has 1 atom stereocenters. The molecule has 0 aliphatic heterocycles. The fourth-order valence-corrected chi connectivity index (χ4v) is 1.21. The highest BCUT2D eigenvalue weighted by atomic mass is 16.5. The third-order valence-electron chi connectivity index (χ3n) is 2.31. The number of likely N-dealkylation sites (N-methyl/N-ethyl adjacent to an activating group) is 1. The van der Waals surface area contributed by atoms with E-state index in [0.29, 0.717) is 12.6 Å². The Hall–Kier alpha value is -0.120. The average Bonchev–Trinajstić information content (AvgIpc) is 2.10. The molecule has 2 N–H and O–H groups in total. The third kappa shape index (κ3) is 6.02. The van der Waals surface area contributed by atoms with Crippen LogP contribution in [0.2, 0.25) is 0 Å². The van der Waals surface area contributed by atoms with Crippen LogP contribution in [0, 0.1) is 5.92 Å². The Morgan fingerprint density at radius 2 is 2.00 bits per heavy atom. The van der Waals surface area contributed by atoms with Gasteiger partial charge in [-0.05, 0) is 25.9 Å². The van der Waals surface area contributed by atoms with E-state index >= 15 is 0 Å². The van der Waals surface area contributed by atoms with Crippen LogP contribution in [-0.4, -0.2) is 44.8 Å². The molecule has 80 valence electrons. The van der Waals surface area contributed by atoms with Crippen molar-refractivity contribution in [3.63, 3.8) is 0 Å². The van der Waals surface area contributed by atoms with Gasteiger partial charge in [0.05, 0.1) is 6.61 Å². The SMILES string of the molecule is COCC(CN)N(C)CCC(C)C. The molecule has 3 nitrogen and oxygen atoms in total. The summed E-state index contributed by atoms with van der Waals surface area (Å²) in [6.07, 6.45) is 1.22. The summed E-state index contributed by atoms with van der Waals surface area (Å²) in [6, 6.07) is 0.365. The molecule has 0 aliphatic rings. The van der Waals surface area contributed by atoms with Crippen molar-refractivity contribution in [2.45, 2.75) is 26.3 Å². The van der Waals surface area contributed by atoms with Crippen LogP contribution in [0.3, 0.4) is 0 Å². The van der Waals surface area contributed by atoms with Crippen molar-refractivity contribution in [3.8, 4) is 0 Å². The van der Waals surface area contributed by atoms with E-state index in [2.05, 4.69) is 25.8 Å². The lowest BCUT2D eigenvalue weighted by atomic mass is 10.1. The lowest BCUT2D eigenvalue weighted by Gasteiger charge is -2.26. The predicted molar refractivity (Wildman–Crippen MR) is 56.8 cm³/mol. The van der Waals surface area contributed by atoms with Gasteiger partial charge in [-0.1, -0.05) is 13.8 Å². The number of methoxy groups -OCH3 is 1. The van der Waals surface area contributed by atoms with Crippen LogP contribution < -0.4 is 5.73 Å². The summed E-state index contributed by atoms with van der Waals surface area (Å²) in [5, 5.41) is 0. The Morgan fingerprint density at radius 1 is 1.38 bits per heavy atom. The Morgan fingerprint density at radius 3 is 2.38 bits per heavy atom. The molecular formula is C10H24N2O. The maximum Gasteiger partial charge on any atom is 0.0630 e. The number of nitrogens with two attached hydrogens (primary N) is 1. The summed E-state index contributed by atoms with van der Waals surface area (Å²) in [5.41, 5.74) is 5.64. The summed E-state index contributed by atoms with van der Waals surface area (Å²) in [7, 11) is 3.83. The van der Waals surface area contributed by atoms with E-state index in [9.17, 15) is 0 Å². The Labute approximate surface area is 82.2 Å². The second kappa shape index (κ2) is 7.30. The van der Waals surface area contributed by atoms with E-state index in [-0.39, 0.29) is 0 Å². The first kappa shape index (κ1) is 12.9. The molecule has 0 fully saturated rings. The van der Waals surface area contributed by atoms with Gasteiger partial charge in [-0.25, -0.2) is 0 Å². The first-order valence-corrected chi connectivity index (χ1v) is 5.01. The van der Waals surface area contributed by atoms with Crippen molar-refractivity contribution in [2.24, 2.45) is 11.7 Å². The van der Waals surface area contributed by atoms with Crippen LogP contribution in [0.5, 0.6) is 0 Å². The highest BCUT2D eigenvalue weighted by Gasteiger charge is 2.12. The molecule has 1 unspecified atom stereocenters. The van der Waals surface area contributed by atoms with Gasteiger partial charge < -0.3 is 10.5 Å².